The van der Waals surface area contributed by atoms with Gasteiger partial charge in [0.2, 0.25) is 0 Å². The first-order valence-corrected chi connectivity index (χ1v) is 6.57. The Hall–Kier alpha value is -1.02. The maximum atomic E-state index is 5.96. The molecule has 0 spiro atoms. The van der Waals surface area contributed by atoms with Crippen molar-refractivity contribution in [2.45, 2.75) is 46.6 Å². The van der Waals surface area contributed by atoms with Crippen LogP contribution in [0.5, 0.6) is 5.75 Å². The van der Waals surface area contributed by atoms with Crippen LogP contribution in [0.3, 0.4) is 0 Å². The third-order valence-corrected chi connectivity index (χ3v) is 3.29. The van der Waals surface area contributed by atoms with Crippen molar-refractivity contribution in [3.63, 3.8) is 0 Å². The van der Waals surface area contributed by atoms with Crippen molar-refractivity contribution in [2.24, 2.45) is 11.7 Å². The summed E-state index contributed by atoms with van der Waals surface area (Å²) < 4.78 is 5.94. The van der Waals surface area contributed by atoms with Gasteiger partial charge in [0.25, 0.3) is 0 Å². The van der Waals surface area contributed by atoms with Gasteiger partial charge in [0, 0.05) is 11.6 Å². The third-order valence-electron chi connectivity index (χ3n) is 3.29. The van der Waals surface area contributed by atoms with Crippen LogP contribution in [0, 0.1) is 12.8 Å². The van der Waals surface area contributed by atoms with Gasteiger partial charge in [0.15, 0.2) is 0 Å². The summed E-state index contributed by atoms with van der Waals surface area (Å²) in [6, 6.07) is 6.26. The topological polar surface area (TPSA) is 35.2 Å². The fourth-order valence-electron chi connectivity index (χ4n) is 1.87. The summed E-state index contributed by atoms with van der Waals surface area (Å²) in [4.78, 5) is 0. The second kappa shape index (κ2) is 6.65. The molecule has 0 amide bonds. The van der Waals surface area contributed by atoms with Crippen molar-refractivity contribution in [1.29, 1.82) is 0 Å². The zero-order valence-electron chi connectivity index (χ0n) is 11.5. The van der Waals surface area contributed by atoms with E-state index in [1.165, 1.54) is 5.56 Å². The molecule has 0 saturated heterocycles. The fraction of sp³-hybridized carbons (Fsp3) is 0.600. The van der Waals surface area contributed by atoms with Gasteiger partial charge in [0.1, 0.15) is 5.75 Å². The van der Waals surface area contributed by atoms with Crippen LogP contribution in [0.4, 0.5) is 0 Å². The van der Waals surface area contributed by atoms with Gasteiger partial charge in [-0.15, -0.1) is 0 Å². The molecule has 0 fully saturated rings. The molecule has 0 heterocycles. The van der Waals surface area contributed by atoms with E-state index in [0.717, 1.165) is 30.8 Å². The summed E-state index contributed by atoms with van der Waals surface area (Å²) in [5, 5.41) is 0. The van der Waals surface area contributed by atoms with E-state index in [4.69, 9.17) is 10.5 Å². The molecule has 96 valence electrons. The highest BCUT2D eigenvalue weighted by Gasteiger charge is 2.10. The van der Waals surface area contributed by atoms with Crippen LogP contribution < -0.4 is 10.5 Å². The standard InChI is InChI=1S/C15H25NO/c1-5-13(6-2)10-17-15-9-11(3)7-8-14(15)12(4)16/h7-9,12-13H,5-6,10,16H2,1-4H3/t12-/m1/s1. The van der Waals surface area contributed by atoms with Crippen molar-refractivity contribution in [3.05, 3.63) is 29.3 Å². The lowest BCUT2D eigenvalue weighted by molar-refractivity contribution is 0.238. The van der Waals surface area contributed by atoms with Crippen LogP contribution in [0.25, 0.3) is 0 Å². The molecular weight excluding hydrogens is 210 g/mol. The minimum Gasteiger partial charge on any atom is -0.493 e. The molecule has 0 radical (unpaired) electrons. The summed E-state index contributed by atoms with van der Waals surface area (Å²) in [5.41, 5.74) is 8.27. The summed E-state index contributed by atoms with van der Waals surface area (Å²) in [5.74, 6) is 1.59. The maximum Gasteiger partial charge on any atom is 0.124 e. The molecule has 0 aliphatic carbocycles. The van der Waals surface area contributed by atoms with E-state index < -0.39 is 0 Å². The van der Waals surface area contributed by atoms with Gasteiger partial charge in [-0.05, 0) is 31.4 Å². The molecule has 1 rings (SSSR count). The molecule has 2 heteroatoms. The van der Waals surface area contributed by atoms with E-state index in [0.29, 0.717) is 5.92 Å². The molecule has 17 heavy (non-hydrogen) atoms. The minimum absolute atomic E-state index is 0.0207. The van der Waals surface area contributed by atoms with Crippen LogP contribution in [-0.4, -0.2) is 6.61 Å². The first-order chi connectivity index (χ1) is 8.08. The molecule has 0 bridgehead atoms. The second-order valence-electron chi connectivity index (χ2n) is 4.82. The van der Waals surface area contributed by atoms with Crippen LogP contribution in [-0.2, 0) is 0 Å². The van der Waals surface area contributed by atoms with E-state index in [-0.39, 0.29) is 6.04 Å². The van der Waals surface area contributed by atoms with Gasteiger partial charge in [-0.2, -0.15) is 0 Å². The van der Waals surface area contributed by atoms with Crippen LogP contribution in [0.2, 0.25) is 0 Å². The van der Waals surface area contributed by atoms with Crippen molar-refractivity contribution in [3.8, 4) is 5.75 Å². The molecular formula is C15H25NO. The Balaban J connectivity index is 2.78. The van der Waals surface area contributed by atoms with E-state index in [2.05, 4.69) is 39.0 Å². The van der Waals surface area contributed by atoms with Gasteiger partial charge in [0.05, 0.1) is 6.61 Å². The predicted octanol–water partition coefficient (Wildman–Crippen LogP) is 3.83. The number of nitrogens with two attached hydrogens (primary N) is 1. The normalized spacial score (nSPS) is 12.8. The lowest BCUT2D eigenvalue weighted by Gasteiger charge is -2.18. The van der Waals surface area contributed by atoms with Crippen LogP contribution in [0.15, 0.2) is 18.2 Å². The Labute approximate surface area is 105 Å². The summed E-state index contributed by atoms with van der Waals surface area (Å²) >= 11 is 0. The molecule has 1 aromatic carbocycles. The second-order valence-corrected chi connectivity index (χ2v) is 4.82. The average molecular weight is 235 g/mol. The zero-order valence-corrected chi connectivity index (χ0v) is 11.5. The average Bonchev–Trinajstić information content (AvgIpc) is 2.30. The largest absolute Gasteiger partial charge is 0.493 e. The fourth-order valence-corrected chi connectivity index (χ4v) is 1.87. The highest BCUT2D eigenvalue weighted by Crippen LogP contribution is 2.26. The summed E-state index contributed by atoms with van der Waals surface area (Å²) in [6.45, 7) is 9.28. The number of hydrogen-bond acceptors (Lipinski definition) is 2. The van der Waals surface area contributed by atoms with E-state index in [1.807, 2.05) is 6.92 Å². The van der Waals surface area contributed by atoms with Crippen LogP contribution >= 0.6 is 0 Å². The molecule has 0 aliphatic rings. The molecule has 0 aromatic heterocycles. The number of hydrogen-bond donors (Lipinski definition) is 1. The van der Waals surface area contributed by atoms with Gasteiger partial charge in [-0.3, -0.25) is 0 Å². The third kappa shape index (κ3) is 4.04. The molecule has 0 aliphatic heterocycles. The van der Waals surface area contributed by atoms with Crippen molar-refractivity contribution in [1.82, 2.24) is 0 Å². The Kier molecular flexibility index (Phi) is 5.49. The van der Waals surface area contributed by atoms with Gasteiger partial charge >= 0.3 is 0 Å². The molecule has 0 unspecified atom stereocenters. The molecule has 2 nitrogen and oxygen atoms in total. The van der Waals surface area contributed by atoms with Gasteiger partial charge in [-0.25, -0.2) is 0 Å². The molecule has 1 atom stereocenters. The van der Waals surface area contributed by atoms with Gasteiger partial charge < -0.3 is 10.5 Å². The van der Waals surface area contributed by atoms with Gasteiger partial charge in [-0.1, -0.05) is 38.8 Å². The lowest BCUT2D eigenvalue weighted by Crippen LogP contribution is -2.13. The summed E-state index contributed by atoms with van der Waals surface area (Å²) in [7, 11) is 0. The zero-order chi connectivity index (χ0) is 12.8. The monoisotopic (exact) mass is 235 g/mol. The Morgan fingerprint density at radius 1 is 1.24 bits per heavy atom. The molecule has 1 aromatic rings. The Bertz CT molecular complexity index is 343. The van der Waals surface area contributed by atoms with Crippen molar-refractivity contribution >= 4 is 0 Å². The van der Waals surface area contributed by atoms with Crippen molar-refractivity contribution < 1.29 is 4.74 Å². The minimum atomic E-state index is 0.0207. The molecule has 2 N–H and O–H groups in total. The summed E-state index contributed by atoms with van der Waals surface area (Å²) in [6.07, 6.45) is 2.33. The first kappa shape index (κ1) is 14.0. The predicted molar refractivity (Wildman–Crippen MR) is 73.3 cm³/mol. The highest BCUT2D eigenvalue weighted by molar-refractivity contribution is 5.38. The SMILES string of the molecule is CCC(CC)COc1cc(C)ccc1[C@@H](C)N. The van der Waals surface area contributed by atoms with Crippen molar-refractivity contribution in [2.75, 3.05) is 6.61 Å². The number of aryl methyl sites for hydroxylation is 1. The smallest absolute Gasteiger partial charge is 0.124 e. The van der Waals surface area contributed by atoms with Crippen LogP contribution in [0.1, 0.15) is 50.8 Å². The maximum absolute atomic E-state index is 5.96. The van der Waals surface area contributed by atoms with E-state index in [9.17, 15) is 0 Å². The van der Waals surface area contributed by atoms with E-state index in [1.54, 1.807) is 0 Å². The Morgan fingerprint density at radius 2 is 1.88 bits per heavy atom. The van der Waals surface area contributed by atoms with E-state index >= 15 is 0 Å². The quantitative estimate of drug-likeness (QED) is 0.813. The number of ether oxygens (including phenoxy) is 1. The number of benzene rings is 1. The highest BCUT2D eigenvalue weighted by atomic mass is 16.5. The lowest BCUT2D eigenvalue weighted by atomic mass is 10.0. The molecule has 0 saturated carbocycles. The number of rotatable bonds is 6. The first-order valence-electron chi connectivity index (χ1n) is 6.57. The Morgan fingerprint density at radius 3 is 2.41 bits per heavy atom.